The molecule has 0 saturated carbocycles. The molecule has 2 aromatic rings. The van der Waals surface area contributed by atoms with Crippen molar-refractivity contribution in [3.8, 4) is 5.75 Å². The molecule has 0 saturated heterocycles. The van der Waals surface area contributed by atoms with Gasteiger partial charge in [-0.25, -0.2) is 0 Å². The van der Waals surface area contributed by atoms with Crippen LogP contribution in [-0.2, 0) is 0 Å². The molecule has 0 fully saturated rings. The van der Waals surface area contributed by atoms with E-state index in [0.29, 0.717) is 35.6 Å². The normalized spacial score (nSPS) is 13.0. The van der Waals surface area contributed by atoms with Crippen LogP contribution in [0.25, 0.3) is 0 Å². The molecule has 0 atom stereocenters. The summed E-state index contributed by atoms with van der Waals surface area (Å²) in [6.45, 7) is 0.907. The van der Waals surface area contributed by atoms with Crippen LogP contribution in [0, 0.1) is 0 Å². The lowest BCUT2D eigenvalue weighted by molar-refractivity contribution is 0.0651. The molecular formula is C20H19NO4. The molecule has 3 rings (SSSR count). The molecule has 25 heavy (non-hydrogen) atoms. The summed E-state index contributed by atoms with van der Waals surface area (Å²) >= 11 is 0. The Hall–Kier alpha value is -2.95. The summed E-state index contributed by atoms with van der Waals surface area (Å²) in [5.74, 6) is 0.159. The van der Waals surface area contributed by atoms with E-state index in [2.05, 4.69) is 0 Å². The van der Waals surface area contributed by atoms with Crippen LogP contribution in [0.4, 0.5) is 0 Å². The van der Waals surface area contributed by atoms with Crippen molar-refractivity contribution >= 4 is 18.1 Å². The van der Waals surface area contributed by atoms with Gasteiger partial charge in [-0.2, -0.15) is 0 Å². The number of nitrogens with zero attached hydrogens (tertiary/aromatic N) is 1. The standard InChI is InChI=1S/C20H19NO4/c22-14-15-8-2-5-11-18(15)25-13-7-1-6-12-21-19(23)16-9-3-4-10-17(16)20(21)24/h2-5,8-11,14H,1,6-7,12-13H2. The molecular weight excluding hydrogens is 318 g/mol. The van der Waals surface area contributed by atoms with Gasteiger partial charge in [0.05, 0.1) is 23.3 Å². The van der Waals surface area contributed by atoms with Crippen LogP contribution in [0.3, 0.4) is 0 Å². The van der Waals surface area contributed by atoms with Crippen LogP contribution in [0.2, 0.25) is 0 Å². The minimum Gasteiger partial charge on any atom is -0.493 e. The minimum absolute atomic E-state index is 0.211. The van der Waals surface area contributed by atoms with Gasteiger partial charge in [-0.05, 0) is 43.5 Å². The van der Waals surface area contributed by atoms with Gasteiger partial charge in [0.2, 0.25) is 0 Å². The first-order chi connectivity index (χ1) is 12.2. The number of aldehydes is 1. The minimum atomic E-state index is -0.211. The number of para-hydroxylation sites is 1. The second-order valence-electron chi connectivity index (χ2n) is 5.87. The number of benzene rings is 2. The van der Waals surface area contributed by atoms with Crippen molar-refractivity contribution < 1.29 is 19.1 Å². The highest BCUT2D eigenvalue weighted by Crippen LogP contribution is 2.23. The van der Waals surface area contributed by atoms with Crippen LogP contribution in [-0.4, -0.2) is 36.2 Å². The molecule has 0 bridgehead atoms. The fourth-order valence-corrected chi connectivity index (χ4v) is 2.88. The largest absolute Gasteiger partial charge is 0.493 e. The zero-order valence-electron chi connectivity index (χ0n) is 13.8. The van der Waals surface area contributed by atoms with Crippen molar-refractivity contribution in [3.05, 3.63) is 65.2 Å². The van der Waals surface area contributed by atoms with Gasteiger partial charge in [0.1, 0.15) is 5.75 Å². The van der Waals surface area contributed by atoms with Gasteiger partial charge >= 0.3 is 0 Å². The van der Waals surface area contributed by atoms with E-state index < -0.39 is 0 Å². The second kappa shape index (κ2) is 7.75. The quantitative estimate of drug-likeness (QED) is 0.421. The molecule has 1 aliphatic rings. The number of carbonyl (C=O) groups excluding carboxylic acids is 3. The Bertz CT molecular complexity index is 765. The van der Waals surface area contributed by atoms with Gasteiger partial charge in [0, 0.05) is 6.54 Å². The first kappa shape index (κ1) is 16.9. The van der Waals surface area contributed by atoms with Gasteiger partial charge in [-0.1, -0.05) is 24.3 Å². The van der Waals surface area contributed by atoms with Crippen LogP contribution in [0.1, 0.15) is 50.3 Å². The highest BCUT2D eigenvalue weighted by Gasteiger charge is 2.34. The van der Waals surface area contributed by atoms with E-state index >= 15 is 0 Å². The maximum atomic E-state index is 12.2. The molecule has 0 aliphatic carbocycles. The molecule has 0 N–H and O–H groups in total. The first-order valence-electron chi connectivity index (χ1n) is 8.34. The molecule has 0 spiro atoms. The summed E-state index contributed by atoms with van der Waals surface area (Å²) in [7, 11) is 0. The third-order valence-electron chi connectivity index (χ3n) is 4.21. The Morgan fingerprint density at radius 2 is 1.48 bits per heavy atom. The van der Waals surface area contributed by atoms with Gasteiger partial charge in [0.15, 0.2) is 6.29 Å². The summed E-state index contributed by atoms with van der Waals surface area (Å²) in [5.41, 5.74) is 1.51. The van der Waals surface area contributed by atoms with Crippen LogP contribution in [0.5, 0.6) is 5.75 Å². The maximum absolute atomic E-state index is 12.2. The van der Waals surface area contributed by atoms with E-state index in [1.807, 2.05) is 6.07 Å². The van der Waals surface area contributed by atoms with E-state index in [0.717, 1.165) is 25.5 Å². The highest BCUT2D eigenvalue weighted by molar-refractivity contribution is 6.21. The predicted molar refractivity (Wildman–Crippen MR) is 93.0 cm³/mol. The number of amides is 2. The number of carbonyl (C=O) groups is 3. The lowest BCUT2D eigenvalue weighted by Crippen LogP contribution is -2.30. The van der Waals surface area contributed by atoms with E-state index in [1.54, 1.807) is 42.5 Å². The van der Waals surface area contributed by atoms with Gasteiger partial charge in [-0.3, -0.25) is 19.3 Å². The Kier molecular flexibility index (Phi) is 5.23. The van der Waals surface area contributed by atoms with Crippen molar-refractivity contribution in [1.82, 2.24) is 4.90 Å². The van der Waals surface area contributed by atoms with E-state index in [9.17, 15) is 14.4 Å². The molecule has 1 aliphatic heterocycles. The number of fused-ring (bicyclic) bond motifs is 1. The third-order valence-corrected chi connectivity index (χ3v) is 4.21. The maximum Gasteiger partial charge on any atom is 0.261 e. The summed E-state index contributed by atoms with van der Waals surface area (Å²) < 4.78 is 5.61. The summed E-state index contributed by atoms with van der Waals surface area (Å²) in [6, 6.07) is 14.0. The number of imide groups is 1. The van der Waals surface area contributed by atoms with Crippen LogP contribution < -0.4 is 4.74 Å². The predicted octanol–water partition coefficient (Wildman–Crippen LogP) is 3.34. The van der Waals surface area contributed by atoms with Crippen molar-refractivity contribution in [1.29, 1.82) is 0 Å². The van der Waals surface area contributed by atoms with Gasteiger partial charge < -0.3 is 4.74 Å². The van der Waals surface area contributed by atoms with E-state index in [1.165, 1.54) is 4.90 Å². The molecule has 0 aromatic heterocycles. The smallest absolute Gasteiger partial charge is 0.261 e. The average Bonchev–Trinajstić information content (AvgIpc) is 2.89. The van der Waals surface area contributed by atoms with Crippen LogP contribution >= 0.6 is 0 Å². The number of hydrogen-bond acceptors (Lipinski definition) is 4. The Labute approximate surface area is 146 Å². The lowest BCUT2D eigenvalue weighted by Gasteiger charge is -2.13. The molecule has 0 unspecified atom stereocenters. The second-order valence-corrected chi connectivity index (χ2v) is 5.87. The number of rotatable bonds is 8. The topological polar surface area (TPSA) is 63.7 Å². The molecule has 5 heteroatoms. The highest BCUT2D eigenvalue weighted by atomic mass is 16.5. The SMILES string of the molecule is O=Cc1ccccc1OCCCCCN1C(=O)c2ccccc2C1=O. The molecule has 128 valence electrons. The number of hydrogen-bond donors (Lipinski definition) is 0. The lowest BCUT2D eigenvalue weighted by atomic mass is 10.1. The summed E-state index contributed by atoms with van der Waals surface area (Å²) in [4.78, 5) is 36.7. The van der Waals surface area contributed by atoms with E-state index in [4.69, 9.17) is 4.74 Å². The molecule has 2 amide bonds. The molecule has 2 aromatic carbocycles. The fourth-order valence-electron chi connectivity index (χ4n) is 2.88. The first-order valence-corrected chi connectivity index (χ1v) is 8.34. The zero-order chi connectivity index (χ0) is 17.6. The van der Waals surface area contributed by atoms with Gasteiger partial charge in [-0.15, -0.1) is 0 Å². The summed E-state index contributed by atoms with van der Waals surface area (Å²) in [6.07, 6.45) is 3.12. The summed E-state index contributed by atoms with van der Waals surface area (Å²) in [5, 5.41) is 0. The fraction of sp³-hybridized carbons (Fsp3) is 0.250. The zero-order valence-corrected chi connectivity index (χ0v) is 13.8. The number of unbranched alkanes of at least 4 members (excludes halogenated alkanes) is 2. The molecule has 5 nitrogen and oxygen atoms in total. The van der Waals surface area contributed by atoms with Crippen molar-refractivity contribution in [2.45, 2.75) is 19.3 Å². The monoisotopic (exact) mass is 337 g/mol. The Morgan fingerprint density at radius 1 is 0.840 bits per heavy atom. The van der Waals surface area contributed by atoms with Crippen molar-refractivity contribution in [2.75, 3.05) is 13.2 Å². The van der Waals surface area contributed by atoms with Gasteiger partial charge in [0.25, 0.3) is 11.8 Å². The van der Waals surface area contributed by atoms with Crippen LogP contribution in [0.15, 0.2) is 48.5 Å². The van der Waals surface area contributed by atoms with E-state index in [-0.39, 0.29) is 11.8 Å². The number of ether oxygens (including phenoxy) is 1. The molecule has 1 heterocycles. The molecule has 0 radical (unpaired) electrons. The van der Waals surface area contributed by atoms with Crippen molar-refractivity contribution in [3.63, 3.8) is 0 Å². The third kappa shape index (κ3) is 3.60. The Balaban J connectivity index is 1.42. The Morgan fingerprint density at radius 3 is 2.16 bits per heavy atom. The average molecular weight is 337 g/mol. The van der Waals surface area contributed by atoms with Crippen molar-refractivity contribution in [2.24, 2.45) is 0 Å².